The molecule has 0 aromatic carbocycles. The van der Waals surface area contributed by atoms with Crippen LogP contribution < -0.4 is 59.1 Å². The molecular weight excluding hydrogens is 638 g/mol. The molecule has 0 amide bonds. The Morgan fingerprint density at radius 3 is 0.955 bits per heavy atom. The average Bonchev–Trinajstić information content (AvgIpc) is 2.92. The molecule has 2 atom stereocenters. The van der Waals surface area contributed by atoms with Gasteiger partial charge in [-0.1, -0.05) is 129 Å². The maximum atomic E-state index is 12.1. The van der Waals surface area contributed by atoms with Crippen molar-refractivity contribution in [1.82, 2.24) is 0 Å². The third-order valence-electron chi connectivity index (χ3n) is 6.66. The van der Waals surface area contributed by atoms with Gasteiger partial charge in [0, 0.05) is 0 Å². The maximum Gasteiger partial charge on any atom is 1.00 e. The Bertz CT molecular complexity index is 855. The van der Waals surface area contributed by atoms with E-state index in [1.54, 1.807) is 0 Å². The fraction of sp³-hybridized carbons (Fsp3) is 0.929. The number of aliphatic carboxylic acids is 2. The molecule has 16 heteroatoms. The Labute approximate surface area is 313 Å². The molecule has 0 aliphatic carbocycles. The molecule has 2 N–H and O–H groups in total. The third kappa shape index (κ3) is 28.9. The normalized spacial score (nSPS) is 13.0. The summed E-state index contributed by atoms with van der Waals surface area (Å²) in [6.45, 7) is 3.72. The van der Waals surface area contributed by atoms with Crippen molar-refractivity contribution in [3.63, 3.8) is 0 Å². The van der Waals surface area contributed by atoms with Crippen molar-refractivity contribution in [2.24, 2.45) is 0 Å². The first kappa shape index (κ1) is 49.1. The number of carboxylic acid groups (broad SMARTS) is 2. The minimum absolute atomic E-state index is 0. The molecular formula is C28H56Na2O12S2. The Kier molecular flexibility index (Phi) is 34.5. The molecule has 0 aromatic heterocycles. The van der Waals surface area contributed by atoms with Crippen molar-refractivity contribution in [1.29, 1.82) is 0 Å². The van der Waals surface area contributed by atoms with Gasteiger partial charge in [-0.15, -0.1) is 0 Å². The third-order valence-corrected chi connectivity index (χ3v) is 8.45. The molecule has 0 radical (unpaired) electrons. The second-order valence-corrected chi connectivity index (χ2v) is 13.0. The van der Waals surface area contributed by atoms with Gasteiger partial charge in [0.1, 0.15) is 0 Å². The first-order valence-electron chi connectivity index (χ1n) is 15.6. The van der Waals surface area contributed by atoms with Crippen molar-refractivity contribution in [3.05, 3.63) is 0 Å². The van der Waals surface area contributed by atoms with E-state index in [1.165, 1.54) is 51.4 Å². The van der Waals surface area contributed by atoms with E-state index in [9.17, 15) is 36.6 Å². The average molecular weight is 695 g/mol. The van der Waals surface area contributed by atoms with Crippen LogP contribution in [0.4, 0.5) is 0 Å². The van der Waals surface area contributed by atoms with E-state index in [0.717, 1.165) is 51.4 Å². The second kappa shape index (κ2) is 31.0. The zero-order chi connectivity index (χ0) is 31.7. The summed E-state index contributed by atoms with van der Waals surface area (Å²) in [6, 6.07) is 0. The van der Waals surface area contributed by atoms with Crippen LogP contribution in [0.15, 0.2) is 0 Å². The van der Waals surface area contributed by atoms with E-state index >= 15 is 0 Å². The molecule has 44 heavy (non-hydrogen) atoms. The molecule has 0 heterocycles. The molecule has 0 bridgehead atoms. The van der Waals surface area contributed by atoms with E-state index in [1.807, 2.05) is 0 Å². The fourth-order valence-corrected chi connectivity index (χ4v) is 5.88. The predicted octanol–water partition coefficient (Wildman–Crippen LogP) is 0.524. The zero-order valence-corrected chi connectivity index (χ0v) is 33.1. The summed E-state index contributed by atoms with van der Waals surface area (Å²) in [5.41, 5.74) is 0. The molecule has 0 aliphatic rings. The van der Waals surface area contributed by atoms with Crippen molar-refractivity contribution >= 4 is 32.7 Å². The van der Waals surface area contributed by atoms with Crippen LogP contribution in [0, 0.1) is 0 Å². The zero-order valence-electron chi connectivity index (χ0n) is 29.5. The van der Waals surface area contributed by atoms with Crippen LogP contribution in [-0.4, -0.2) is 64.4 Å². The van der Waals surface area contributed by atoms with Gasteiger partial charge in [-0.25, -0.2) is 26.3 Å². The van der Waals surface area contributed by atoms with Crippen LogP contribution in [0.2, 0.25) is 0 Å². The summed E-state index contributed by atoms with van der Waals surface area (Å²) < 4.78 is 66.7. The standard InChI is InChI=1S/C28H54O12S2.2Na.2H/c1-3-5-7-9-11-13-15-17-19-21-23-37-41(33,34)39-25(27(29)30)26(28(31)32)40-42(35,36)38-24-22-20-18-16-14-12-10-8-6-4-2;;;;/h25-26H,3-24H2,1-2H3,(H,29,30)(H,31,32);;;;/q;2*+1;2*-1. The minimum atomic E-state index is -4.97. The Hall–Kier alpha value is 0.680. The number of carbonyl (C=O) groups is 2. The van der Waals surface area contributed by atoms with Crippen LogP contribution in [0.3, 0.4) is 0 Å². The molecule has 0 aliphatic heterocycles. The number of carboxylic acids is 2. The maximum absolute atomic E-state index is 12.1. The SMILES string of the molecule is CCCCCCCCCCCCOS(=O)(=O)OC(C(=O)O)C(OS(=O)(=O)OCCCCCCCCCCCC)C(=O)O.[H-].[H-].[Na+].[Na+]. The van der Waals surface area contributed by atoms with Gasteiger partial charge >= 0.3 is 91.9 Å². The van der Waals surface area contributed by atoms with Crippen LogP contribution in [0.5, 0.6) is 0 Å². The van der Waals surface area contributed by atoms with Crippen LogP contribution >= 0.6 is 0 Å². The van der Waals surface area contributed by atoms with Gasteiger partial charge in [-0.2, -0.15) is 16.8 Å². The minimum Gasteiger partial charge on any atom is -1.00 e. The number of hydrogen-bond donors (Lipinski definition) is 2. The Morgan fingerprint density at radius 2 is 0.727 bits per heavy atom. The molecule has 0 rings (SSSR count). The second-order valence-electron chi connectivity index (χ2n) is 10.5. The molecule has 12 nitrogen and oxygen atoms in total. The van der Waals surface area contributed by atoms with Gasteiger partial charge in [0.15, 0.2) is 0 Å². The molecule has 0 aromatic rings. The monoisotopic (exact) mass is 694 g/mol. The van der Waals surface area contributed by atoms with Crippen molar-refractivity contribution in [2.75, 3.05) is 13.2 Å². The van der Waals surface area contributed by atoms with E-state index < -0.39 is 44.9 Å². The van der Waals surface area contributed by atoms with Gasteiger partial charge in [0.2, 0.25) is 12.2 Å². The van der Waals surface area contributed by atoms with Crippen molar-refractivity contribution in [3.8, 4) is 0 Å². The summed E-state index contributed by atoms with van der Waals surface area (Å²) in [7, 11) is -9.94. The van der Waals surface area contributed by atoms with Crippen LogP contribution in [0.1, 0.15) is 145 Å². The summed E-state index contributed by atoms with van der Waals surface area (Å²) in [5.74, 6) is -4.14. The largest absolute Gasteiger partial charge is 1.00 e. The van der Waals surface area contributed by atoms with E-state index in [4.69, 9.17) is 0 Å². The quantitative estimate of drug-likeness (QED) is 0.0761. The summed E-state index contributed by atoms with van der Waals surface area (Å²) in [6.07, 6.45) is 14.6. The van der Waals surface area contributed by atoms with E-state index in [2.05, 4.69) is 30.6 Å². The first-order chi connectivity index (χ1) is 20.0. The number of unbranched alkanes of at least 4 members (excludes halogenated alkanes) is 18. The van der Waals surface area contributed by atoms with Gasteiger partial charge in [0.05, 0.1) is 13.2 Å². The molecule has 0 saturated heterocycles. The summed E-state index contributed by atoms with van der Waals surface area (Å²) >= 11 is 0. The van der Waals surface area contributed by atoms with Gasteiger partial charge in [-0.3, -0.25) is 0 Å². The van der Waals surface area contributed by atoms with Gasteiger partial charge in [-0.05, 0) is 12.8 Å². The van der Waals surface area contributed by atoms with Gasteiger partial charge in [0.25, 0.3) is 0 Å². The van der Waals surface area contributed by atoms with Crippen LogP contribution in [-0.2, 0) is 47.1 Å². The van der Waals surface area contributed by atoms with E-state index in [0.29, 0.717) is 25.7 Å². The molecule has 0 saturated carbocycles. The first-order valence-corrected chi connectivity index (χ1v) is 18.2. The molecule has 254 valence electrons. The number of rotatable bonds is 31. The topological polar surface area (TPSA) is 180 Å². The molecule has 0 fully saturated rings. The van der Waals surface area contributed by atoms with Gasteiger partial charge < -0.3 is 13.1 Å². The summed E-state index contributed by atoms with van der Waals surface area (Å²) in [5, 5.41) is 18.7. The fourth-order valence-electron chi connectivity index (χ4n) is 4.25. The van der Waals surface area contributed by atoms with Crippen LogP contribution in [0.25, 0.3) is 0 Å². The Balaban J connectivity index is -0.00000140. The molecule has 2 unspecified atom stereocenters. The molecule has 0 spiro atoms. The van der Waals surface area contributed by atoms with Crippen molar-refractivity contribution in [2.45, 2.75) is 154 Å². The number of hydrogen-bond acceptors (Lipinski definition) is 10. The Morgan fingerprint density at radius 1 is 0.500 bits per heavy atom. The predicted molar refractivity (Wildman–Crippen MR) is 161 cm³/mol. The van der Waals surface area contributed by atoms with E-state index in [-0.39, 0.29) is 75.2 Å². The smallest absolute Gasteiger partial charge is 1.00 e. The summed E-state index contributed by atoms with van der Waals surface area (Å²) in [4.78, 5) is 23.2. The van der Waals surface area contributed by atoms with Crippen molar-refractivity contribution < 1.29 is 115 Å².